The maximum Gasteiger partial charge on any atom is 0.390 e. The lowest BCUT2D eigenvalue weighted by molar-refractivity contribution is -0.131. The van der Waals surface area contributed by atoms with Crippen molar-refractivity contribution in [3.8, 4) is 16.9 Å². The molecule has 0 unspecified atom stereocenters. The van der Waals surface area contributed by atoms with Crippen LogP contribution in [0.2, 0.25) is 0 Å². The van der Waals surface area contributed by atoms with E-state index in [0.29, 0.717) is 23.5 Å². The fraction of sp³-hybridized carbons (Fsp3) is 0.200. The first-order valence-electron chi connectivity index (χ1n) is 10.5. The molecule has 0 spiro atoms. The zero-order valence-corrected chi connectivity index (χ0v) is 18.3. The highest BCUT2D eigenvalue weighted by Crippen LogP contribution is 2.33. The molecule has 4 aromatic rings. The van der Waals surface area contributed by atoms with E-state index in [0.717, 1.165) is 22.4 Å². The van der Waals surface area contributed by atoms with Crippen molar-refractivity contribution in [2.45, 2.75) is 19.0 Å². The summed E-state index contributed by atoms with van der Waals surface area (Å²) in [7, 11) is 1.56. The fourth-order valence-electron chi connectivity index (χ4n) is 3.74. The van der Waals surface area contributed by atoms with Crippen molar-refractivity contribution in [3.05, 3.63) is 83.8 Å². The number of methoxy groups -OCH3 is 1. The van der Waals surface area contributed by atoms with Crippen molar-refractivity contribution in [2.24, 2.45) is 0 Å². The average Bonchev–Trinajstić information content (AvgIpc) is 3.21. The molecule has 34 heavy (non-hydrogen) atoms. The minimum atomic E-state index is -4.27. The number of rotatable bonds is 8. The van der Waals surface area contributed by atoms with Gasteiger partial charge in [-0.3, -0.25) is 0 Å². The summed E-state index contributed by atoms with van der Waals surface area (Å²) in [4.78, 5) is 15.6. The number of aromatic nitrogens is 2. The number of ether oxygens (including phenoxy) is 1. The van der Waals surface area contributed by atoms with Crippen LogP contribution in [0.15, 0.2) is 67.0 Å². The fourth-order valence-corrected chi connectivity index (χ4v) is 3.74. The number of hydrogen-bond acceptors (Lipinski definition) is 4. The number of nitrogens with one attached hydrogen (secondary N) is 1. The first-order chi connectivity index (χ1) is 16.2. The van der Waals surface area contributed by atoms with Crippen LogP contribution in [0.3, 0.4) is 0 Å². The van der Waals surface area contributed by atoms with E-state index in [1.807, 2.05) is 34.9 Å². The second-order valence-electron chi connectivity index (χ2n) is 7.76. The lowest BCUT2D eigenvalue weighted by Gasteiger charge is -2.14. The largest absolute Gasteiger partial charge is 0.496 e. The van der Waals surface area contributed by atoms with Crippen LogP contribution in [-0.4, -0.2) is 40.3 Å². The van der Waals surface area contributed by atoms with Gasteiger partial charge in [0.2, 0.25) is 0 Å². The number of fused-ring (bicyclic) bond motifs is 1. The number of alkyl halides is 3. The predicted molar refractivity (Wildman–Crippen MR) is 123 cm³/mol. The summed E-state index contributed by atoms with van der Waals surface area (Å²) in [6.45, 7) is -0.284. The Labute approximate surface area is 193 Å². The summed E-state index contributed by atoms with van der Waals surface area (Å²) in [5.41, 5.74) is 4.38. The van der Waals surface area contributed by atoms with Crippen LogP contribution in [0.4, 0.5) is 18.9 Å². The van der Waals surface area contributed by atoms with E-state index in [-0.39, 0.29) is 12.1 Å². The molecule has 0 fully saturated rings. The van der Waals surface area contributed by atoms with Gasteiger partial charge < -0.3 is 19.6 Å². The monoisotopic (exact) mass is 469 g/mol. The van der Waals surface area contributed by atoms with Gasteiger partial charge in [0.15, 0.2) is 5.65 Å². The number of carbonyl (C=O) groups is 1. The summed E-state index contributed by atoms with van der Waals surface area (Å²) >= 11 is 0. The Morgan fingerprint density at radius 1 is 1.15 bits per heavy atom. The summed E-state index contributed by atoms with van der Waals surface area (Å²) in [6.07, 6.45) is -1.25. The number of carboxylic acids is 1. The van der Waals surface area contributed by atoms with E-state index in [1.165, 1.54) is 12.1 Å². The highest BCUT2D eigenvalue weighted by molar-refractivity contribution is 5.87. The summed E-state index contributed by atoms with van der Waals surface area (Å²) in [5, 5.41) is 12.0. The van der Waals surface area contributed by atoms with Crippen molar-refractivity contribution in [1.29, 1.82) is 0 Å². The minimum absolute atomic E-state index is 0.191. The van der Waals surface area contributed by atoms with Crippen LogP contribution < -0.4 is 10.1 Å². The summed E-state index contributed by atoms with van der Waals surface area (Å²) < 4.78 is 45.5. The van der Waals surface area contributed by atoms with Gasteiger partial charge in [-0.1, -0.05) is 30.3 Å². The third-order valence-corrected chi connectivity index (χ3v) is 5.41. The first kappa shape index (κ1) is 23.2. The smallest absolute Gasteiger partial charge is 0.390 e. The Balaban J connectivity index is 1.75. The van der Waals surface area contributed by atoms with Gasteiger partial charge in [-0.15, -0.1) is 0 Å². The van der Waals surface area contributed by atoms with Gasteiger partial charge in [0.1, 0.15) is 5.75 Å². The molecule has 0 aliphatic carbocycles. The minimum Gasteiger partial charge on any atom is -0.496 e. The second-order valence-corrected chi connectivity index (χ2v) is 7.76. The topological polar surface area (TPSA) is 75.9 Å². The quantitative estimate of drug-likeness (QED) is 0.348. The molecule has 0 saturated carbocycles. The number of pyridine rings is 1. The number of para-hydroxylation sites is 1. The van der Waals surface area contributed by atoms with Gasteiger partial charge in [-0.25, -0.2) is 9.78 Å². The van der Waals surface area contributed by atoms with Crippen LogP contribution in [0.1, 0.15) is 28.0 Å². The van der Waals surface area contributed by atoms with E-state index in [1.54, 1.807) is 31.5 Å². The molecule has 0 saturated heterocycles. The molecule has 4 rings (SSSR count). The third kappa shape index (κ3) is 5.14. The highest BCUT2D eigenvalue weighted by Gasteiger charge is 2.26. The molecule has 2 heterocycles. The van der Waals surface area contributed by atoms with Crippen molar-refractivity contribution in [1.82, 2.24) is 9.38 Å². The SMILES string of the molecule is COc1ccccc1-c1cc(NCCC(F)(F)F)c2ncc(Cc3ccc(C(=O)O)cc3)n2c1. The third-order valence-electron chi connectivity index (χ3n) is 5.41. The summed E-state index contributed by atoms with van der Waals surface area (Å²) in [6, 6.07) is 15.7. The lowest BCUT2D eigenvalue weighted by Crippen LogP contribution is -2.15. The molecule has 0 bridgehead atoms. The van der Waals surface area contributed by atoms with Gasteiger partial charge in [0.25, 0.3) is 0 Å². The van der Waals surface area contributed by atoms with E-state index in [2.05, 4.69) is 10.3 Å². The van der Waals surface area contributed by atoms with Crippen LogP contribution in [0, 0.1) is 0 Å². The van der Waals surface area contributed by atoms with Crippen LogP contribution in [0.5, 0.6) is 5.75 Å². The Hall–Kier alpha value is -4.01. The van der Waals surface area contributed by atoms with Crippen LogP contribution >= 0.6 is 0 Å². The Morgan fingerprint density at radius 2 is 1.88 bits per heavy atom. The maximum atomic E-state index is 12.7. The van der Waals surface area contributed by atoms with E-state index < -0.39 is 18.6 Å². The highest BCUT2D eigenvalue weighted by atomic mass is 19.4. The number of aromatic carboxylic acids is 1. The second kappa shape index (κ2) is 9.46. The van der Waals surface area contributed by atoms with Crippen molar-refractivity contribution in [3.63, 3.8) is 0 Å². The lowest BCUT2D eigenvalue weighted by atomic mass is 10.1. The number of nitrogens with zero attached hydrogens (tertiary/aromatic N) is 2. The van der Waals surface area contributed by atoms with Crippen molar-refractivity contribution >= 4 is 17.3 Å². The van der Waals surface area contributed by atoms with Gasteiger partial charge in [-0.05, 0) is 29.8 Å². The molecular weight excluding hydrogens is 447 g/mol. The number of halogens is 3. The van der Waals surface area contributed by atoms with Crippen LogP contribution in [-0.2, 0) is 6.42 Å². The molecule has 176 valence electrons. The Kier molecular flexibility index (Phi) is 6.45. The molecule has 6 nitrogen and oxygen atoms in total. The van der Waals surface area contributed by atoms with Crippen molar-refractivity contribution in [2.75, 3.05) is 19.0 Å². The molecule has 0 aliphatic rings. The van der Waals surface area contributed by atoms with Gasteiger partial charge in [0, 0.05) is 42.2 Å². The maximum absolute atomic E-state index is 12.7. The zero-order valence-electron chi connectivity index (χ0n) is 18.3. The molecular formula is C25H22F3N3O3. The standard InChI is InChI=1S/C25H22F3N3O3/c1-34-22-5-3-2-4-20(22)18-13-21(29-11-10-25(26,27)28)23-30-14-19(31(23)15-18)12-16-6-8-17(9-7-16)24(32)33/h2-9,13-15,29H,10-12H2,1H3,(H,32,33). The van der Waals surface area contributed by atoms with Gasteiger partial charge in [-0.2, -0.15) is 13.2 Å². The predicted octanol–water partition coefficient (Wildman–Crippen LogP) is 5.66. The number of hydrogen-bond donors (Lipinski definition) is 2. The first-order valence-corrected chi connectivity index (χ1v) is 10.5. The van der Waals surface area contributed by atoms with E-state index in [4.69, 9.17) is 9.84 Å². The molecule has 0 amide bonds. The molecule has 0 aliphatic heterocycles. The molecule has 2 N–H and O–H groups in total. The van der Waals surface area contributed by atoms with Gasteiger partial charge >= 0.3 is 12.1 Å². The van der Waals surface area contributed by atoms with E-state index in [9.17, 15) is 18.0 Å². The molecule has 2 aromatic carbocycles. The van der Waals surface area contributed by atoms with Crippen LogP contribution in [0.25, 0.3) is 16.8 Å². The summed E-state index contributed by atoms with van der Waals surface area (Å²) in [5.74, 6) is -0.369. The van der Waals surface area contributed by atoms with E-state index >= 15 is 0 Å². The Bertz CT molecular complexity index is 1310. The molecule has 2 aromatic heterocycles. The molecule has 9 heteroatoms. The Morgan fingerprint density at radius 3 is 2.56 bits per heavy atom. The average molecular weight is 469 g/mol. The number of imidazole rings is 1. The molecule has 0 radical (unpaired) electrons. The van der Waals surface area contributed by atoms with Gasteiger partial charge in [0.05, 0.1) is 24.8 Å². The number of anilines is 1. The zero-order chi connectivity index (χ0) is 24.3. The number of carboxylic acid groups (broad SMARTS) is 1. The number of benzene rings is 2. The normalized spacial score (nSPS) is 11.5. The van der Waals surface area contributed by atoms with Crippen molar-refractivity contribution < 1.29 is 27.8 Å². The molecule has 0 atom stereocenters.